The topological polar surface area (TPSA) is 0 Å². The molecule has 3 aliphatic carbocycles. The summed E-state index contributed by atoms with van der Waals surface area (Å²) in [6.45, 7) is 0. The molecule has 0 aromatic heterocycles. The minimum absolute atomic E-state index is 0.832. The van der Waals surface area contributed by atoms with Crippen LogP contribution in [-0.2, 0) is 6.42 Å². The van der Waals surface area contributed by atoms with Crippen molar-refractivity contribution in [3.05, 3.63) is 53.6 Å². The van der Waals surface area contributed by atoms with Gasteiger partial charge in [0.1, 0.15) is 0 Å². The van der Waals surface area contributed by atoms with E-state index in [1.165, 1.54) is 25.7 Å². The summed E-state index contributed by atoms with van der Waals surface area (Å²) in [5.74, 6) is 2.58. The van der Waals surface area contributed by atoms with Gasteiger partial charge in [-0.1, -0.05) is 42.5 Å². The maximum atomic E-state index is 2.53. The van der Waals surface area contributed by atoms with Crippen LogP contribution in [0.4, 0.5) is 0 Å². The van der Waals surface area contributed by atoms with Crippen molar-refractivity contribution in [2.75, 3.05) is 0 Å². The molecule has 1 aromatic carbocycles. The standard InChI is InChI=1S/C17H18/c1-2-6-14-12(4-1)8-10-17-15-7-3-5-13(15)9-11-16(14)17/h1-6,11,13,15,17H,7-10H2/t13-,15+,17-/m0/s1. The Labute approximate surface area is 103 Å². The van der Waals surface area contributed by atoms with Gasteiger partial charge in [-0.15, -0.1) is 0 Å². The molecule has 0 heterocycles. The first-order chi connectivity index (χ1) is 8.43. The highest BCUT2D eigenvalue weighted by atomic mass is 14.4. The molecule has 0 aliphatic heterocycles. The second-order valence-electron chi connectivity index (χ2n) is 5.69. The molecule has 1 aromatic rings. The number of fused-ring (bicyclic) bond motifs is 5. The largest absolute Gasteiger partial charge is 0.0879 e. The fourth-order valence-corrected chi connectivity index (χ4v) is 4.10. The van der Waals surface area contributed by atoms with Crippen molar-refractivity contribution in [2.24, 2.45) is 17.8 Å². The molecular weight excluding hydrogens is 204 g/mol. The molecule has 0 radical (unpaired) electrons. The lowest BCUT2D eigenvalue weighted by atomic mass is 9.66. The summed E-state index contributed by atoms with van der Waals surface area (Å²) < 4.78 is 0. The second kappa shape index (κ2) is 3.60. The molecule has 3 aliphatic rings. The van der Waals surface area contributed by atoms with E-state index in [4.69, 9.17) is 0 Å². The van der Waals surface area contributed by atoms with Crippen molar-refractivity contribution >= 4 is 5.57 Å². The van der Waals surface area contributed by atoms with Gasteiger partial charge in [-0.05, 0) is 60.1 Å². The Hall–Kier alpha value is -1.30. The van der Waals surface area contributed by atoms with Crippen molar-refractivity contribution in [1.29, 1.82) is 0 Å². The molecular formula is C17H18. The maximum absolute atomic E-state index is 2.53. The van der Waals surface area contributed by atoms with Crippen LogP contribution in [0.2, 0.25) is 0 Å². The number of hydrogen-bond acceptors (Lipinski definition) is 0. The first-order valence-corrected chi connectivity index (χ1v) is 6.88. The molecule has 0 N–H and O–H groups in total. The van der Waals surface area contributed by atoms with Gasteiger partial charge in [0.05, 0.1) is 0 Å². The summed E-state index contributed by atoms with van der Waals surface area (Å²) >= 11 is 0. The summed E-state index contributed by atoms with van der Waals surface area (Å²) in [7, 11) is 0. The van der Waals surface area contributed by atoms with Crippen LogP contribution in [0.5, 0.6) is 0 Å². The van der Waals surface area contributed by atoms with Crippen LogP contribution in [0.1, 0.15) is 30.4 Å². The van der Waals surface area contributed by atoms with Crippen molar-refractivity contribution in [2.45, 2.75) is 25.7 Å². The fourth-order valence-electron chi connectivity index (χ4n) is 4.10. The van der Waals surface area contributed by atoms with E-state index in [0.29, 0.717) is 0 Å². The Balaban J connectivity index is 1.80. The van der Waals surface area contributed by atoms with Gasteiger partial charge in [0.2, 0.25) is 0 Å². The van der Waals surface area contributed by atoms with Crippen LogP contribution in [0.3, 0.4) is 0 Å². The SMILES string of the molecule is C1=C[C@H]2CC=C3c4ccccc4CC[C@H]3[C@@H]2C1. The number of benzene rings is 1. The zero-order chi connectivity index (χ0) is 11.2. The highest BCUT2D eigenvalue weighted by molar-refractivity contribution is 5.73. The highest BCUT2D eigenvalue weighted by Gasteiger charge is 2.37. The summed E-state index contributed by atoms with van der Waals surface area (Å²) in [6.07, 6.45) is 12.6. The van der Waals surface area contributed by atoms with Crippen molar-refractivity contribution in [3.63, 3.8) is 0 Å². The molecule has 0 amide bonds. The van der Waals surface area contributed by atoms with Crippen LogP contribution in [-0.4, -0.2) is 0 Å². The molecule has 0 nitrogen and oxygen atoms in total. The molecule has 4 rings (SSSR count). The Morgan fingerprint density at radius 2 is 2.00 bits per heavy atom. The van der Waals surface area contributed by atoms with Crippen molar-refractivity contribution in [3.8, 4) is 0 Å². The van der Waals surface area contributed by atoms with E-state index in [9.17, 15) is 0 Å². The van der Waals surface area contributed by atoms with E-state index in [2.05, 4.69) is 42.5 Å². The number of rotatable bonds is 0. The molecule has 0 spiro atoms. The maximum Gasteiger partial charge on any atom is -0.0119 e. The molecule has 0 saturated carbocycles. The zero-order valence-electron chi connectivity index (χ0n) is 10.1. The van der Waals surface area contributed by atoms with Crippen LogP contribution >= 0.6 is 0 Å². The summed E-state index contributed by atoms with van der Waals surface area (Å²) in [4.78, 5) is 0. The normalized spacial score (nSPS) is 33.6. The Bertz CT molecular complexity index is 507. The quantitative estimate of drug-likeness (QED) is 0.576. The molecule has 86 valence electrons. The summed E-state index contributed by atoms with van der Waals surface area (Å²) in [6, 6.07) is 9.02. The van der Waals surface area contributed by atoms with Crippen molar-refractivity contribution in [1.82, 2.24) is 0 Å². The molecule has 17 heavy (non-hydrogen) atoms. The minimum Gasteiger partial charge on any atom is -0.0879 e. The van der Waals surface area contributed by atoms with Gasteiger partial charge >= 0.3 is 0 Å². The van der Waals surface area contributed by atoms with Crippen LogP contribution in [0, 0.1) is 17.8 Å². The lowest BCUT2D eigenvalue weighted by molar-refractivity contribution is 0.303. The summed E-state index contributed by atoms with van der Waals surface area (Å²) in [5.41, 5.74) is 4.78. The lowest BCUT2D eigenvalue weighted by Crippen LogP contribution is -2.27. The monoisotopic (exact) mass is 222 g/mol. The van der Waals surface area contributed by atoms with Gasteiger partial charge in [-0.25, -0.2) is 0 Å². The first kappa shape index (κ1) is 9.70. The Kier molecular flexibility index (Phi) is 2.05. The number of aryl methyl sites for hydroxylation is 1. The average Bonchev–Trinajstić information content (AvgIpc) is 2.86. The van der Waals surface area contributed by atoms with E-state index < -0.39 is 0 Å². The van der Waals surface area contributed by atoms with Gasteiger partial charge in [0.15, 0.2) is 0 Å². The minimum atomic E-state index is 0.832. The van der Waals surface area contributed by atoms with Gasteiger partial charge in [-0.2, -0.15) is 0 Å². The van der Waals surface area contributed by atoms with Crippen LogP contribution < -0.4 is 0 Å². The van der Waals surface area contributed by atoms with E-state index in [0.717, 1.165) is 17.8 Å². The van der Waals surface area contributed by atoms with Gasteiger partial charge in [-0.3, -0.25) is 0 Å². The molecule has 0 heteroatoms. The van der Waals surface area contributed by atoms with E-state index in [1.807, 2.05) is 0 Å². The molecule has 3 atom stereocenters. The van der Waals surface area contributed by atoms with Crippen LogP contribution in [0.15, 0.2) is 42.5 Å². The Morgan fingerprint density at radius 1 is 1.06 bits per heavy atom. The van der Waals surface area contributed by atoms with Crippen LogP contribution in [0.25, 0.3) is 5.57 Å². The predicted molar refractivity (Wildman–Crippen MR) is 71.6 cm³/mol. The van der Waals surface area contributed by atoms with Gasteiger partial charge < -0.3 is 0 Å². The Morgan fingerprint density at radius 3 is 3.00 bits per heavy atom. The lowest BCUT2D eigenvalue weighted by Gasteiger charge is -2.38. The first-order valence-electron chi connectivity index (χ1n) is 6.88. The molecule has 0 saturated heterocycles. The van der Waals surface area contributed by atoms with E-state index >= 15 is 0 Å². The fraction of sp³-hybridized carbons (Fsp3) is 0.412. The van der Waals surface area contributed by atoms with E-state index in [-0.39, 0.29) is 0 Å². The molecule has 0 fully saturated rings. The predicted octanol–water partition coefficient (Wildman–Crippen LogP) is 4.23. The highest BCUT2D eigenvalue weighted by Crippen LogP contribution is 2.49. The summed E-state index contributed by atoms with van der Waals surface area (Å²) in [5, 5.41) is 0. The number of hydrogen-bond donors (Lipinski definition) is 0. The third kappa shape index (κ3) is 1.36. The van der Waals surface area contributed by atoms with Gasteiger partial charge in [0.25, 0.3) is 0 Å². The van der Waals surface area contributed by atoms with Crippen molar-refractivity contribution < 1.29 is 0 Å². The smallest absolute Gasteiger partial charge is 0.0119 e. The third-order valence-electron chi connectivity index (χ3n) is 4.92. The third-order valence-corrected chi connectivity index (χ3v) is 4.92. The average molecular weight is 222 g/mol. The van der Waals surface area contributed by atoms with Gasteiger partial charge in [0, 0.05) is 0 Å². The number of allylic oxidation sites excluding steroid dienone is 4. The molecule has 0 unspecified atom stereocenters. The molecule has 0 bridgehead atoms. The zero-order valence-corrected chi connectivity index (χ0v) is 10.1. The second-order valence-corrected chi connectivity index (χ2v) is 5.69. The van der Waals surface area contributed by atoms with E-state index in [1.54, 1.807) is 16.7 Å².